The van der Waals surface area contributed by atoms with Gasteiger partial charge in [0.15, 0.2) is 5.82 Å². The number of thiophene rings is 1. The molecule has 96 valence electrons. The summed E-state index contributed by atoms with van der Waals surface area (Å²) in [5.41, 5.74) is 5.69. The average molecular weight is 263 g/mol. The second kappa shape index (κ2) is 4.17. The minimum Gasteiger partial charge on any atom is -0.383 e. The maximum absolute atomic E-state index is 6.05. The van der Waals surface area contributed by atoms with Crippen LogP contribution in [0.4, 0.5) is 5.82 Å². The standard InChI is InChI=1S/C13H17N3OS/c1-3-8-7-9-10(14)15-12(16-11(9)18-8)13(2)5-4-6-17-13/h7H,3-6H2,1-2H3,(H2,14,15,16). The van der Waals surface area contributed by atoms with Crippen LogP contribution in [0.1, 0.15) is 37.4 Å². The predicted molar refractivity (Wildman–Crippen MR) is 73.7 cm³/mol. The lowest BCUT2D eigenvalue weighted by molar-refractivity contribution is 0.00977. The number of fused-ring (bicyclic) bond motifs is 1. The van der Waals surface area contributed by atoms with Crippen molar-refractivity contribution in [2.75, 3.05) is 12.3 Å². The fraction of sp³-hybridized carbons (Fsp3) is 0.538. The van der Waals surface area contributed by atoms with Gasteiger partial charge in [0.2, 0.25) is 0 Å². The Hall–Kier alpha value is -1.20. The van der Waals surface area contributed by atoms with Gasteiger partial charge in [-0.05, 0) is 32.3 Å². The quantitative estimate of drug-likeness (QED) is 0.905. The molecule has 1 aliphatic rings. The van der Waals surface area contributed by atoms with Gasteiger partial charge in [-0.2, -0.15) is 0 Å². The normalized spacial score (nSPS) is 23.9. The van der Waals surface area contributed by atoms with E-state index in [1.54, 1.807) is 11.3 Å². The summed E-state index contributed by atoms with van der Waals surface area (Å²) in [6.45, 7) is 4.97. The Labute approximate surface area is 110 Å². The van der Waals surface area contributed by atoms with E-state index in [4.69, 9.17) is 10.5 Å². The van der Waals surface area contributed by atoms with E-state index in [0.29, 0.717) is 5.82 Å². The minimum absolute atomic E-state index is 0.362. The number of nitrogen functional groups attached to an aromatic ring is 1. The van der Waals surface area contributed by atoms with Gasteiger partial charge in [0, 0.05) is 11.5 Å². The topological polar surface area (TPSA) is 61.0 Å². The van der Waals surface area contributed by atoms with Crippen LogP contribution in [-0.2, 0) is 16.8 Å². The monoisotopic (exact) mass is 263 g/mol. The van der Waals surface area contributed by atoms with Crippen LogP contribution < -0.4 is 5.73 Å². The fourth-order valence-corrected chi connectivity index (χ4v) is 3.33. The molecule has 0 aromatic carbocycles. The van der Waals surface area contributed by atoms with E-state index >= 15 is 0 Å². The molecule has 0 radical (unpaired) electrons. The van der Waals surface area contributed by atoms with E-state index in [-0.39, 0.29) is 5.60 Å². The molecule has 3 rings (SSSR count). The Bertz CT molecular complexity index is 587. The highest BCUT2D eigenvalue weighted by molar-refractivity contribution is 7.18. The summed E-state index contributed by atoms with van der Waals surface area (Å²) < 4.78 is 5.79. The predicted octanol–water partition coefficient (Wildman–Crippen LogP) is 2.86. The first-order valence-corrected chi connectivity index (χ1v) is 7.14. The first-order chi connectivity index (χ1) is 8.62. The average Bonchev–Trinajstić information content (AvgIpc) is 2.96. The molecule has 1 atom stereocenters. The van der Waals surface area contributed by atoms with Crippen molar-refractivity contribution in [3.8, 4) is 0 Å². The van der Waals surface area contributed by atoms with E-state index in [9.17, 15) is 0 Å². The molecule has 0 bridgehead atoms. The summed E-state index contributed by atoms with van der Waals surface area (Å²) in [5, 5.41) is 0.974. The van der Waals surface area contributed by atoms with Crippen molar-refractivity contribution in [2.45, 2.75) is 38.7 Å². The number of anilines is 1. The summed E-state index contributed by atoms with van der Waals surface area (Å²) >= 11 is 1.70. The van der Waals surface area contributed by atoms with Gasteiger partial charge in [-0.3, -0.25) is 0 Å². The number of aryl methyl sites for hydroxylation is 1. The van der Waals surface area contributed by atoms with Crippen LogP contribution >= 0.6 is 11.3 Å². The molecular formula is C13H17N3OS. The molecule has 0 aliphatic carbocycles. The SMILES string of the molecule is CCc1cc2c(N)nc(C3(C)CCCO3)nc2s1. The van der Waals surface area contributed by atoms with Gasteiger partial charge >= 0.3 is 0 Å². The van der Waals surface area contributed by atoms with Crippen molar-refractivity contribution < 1.29 is 4.74 Å². The number of hydrogen-bond donors (Lipinski definition) is 1. The molecule has 1 saturated heterocycles. The molecule has 2 aromatic heterocycles. The number of hydrogen-bond acceptors (Lipinski definition) is 5. The second-order valence-electron chi connectivity index (χ2n) is 4.90. The highest BCUT2D eigenvalue weighted by Crippen LogP contribution is 2.36. The summed E-state index contributed by atoms with van der Waals surface area (Å²) in [4.78, 5) is 11.4. The Kier molecular flexibility index (Phi) is 2.75. The van der Waals surface area contributed by atoms with Crippen LogP contribution in [0.2, 0.25) is 0 Å². The maximum atomic E-state index is 6.05. The smallest absolute Gasteiger partial charge is 0.163 e. The second-order valence-corrected chi connectivity index (χ2v) is 6.02. The number of nitrogens with zero attached hydrogens (tertiary/aromatic N) is 2. The zero-order valence-corrected chi connectivity index (χ0v) is 11.5. The maximum Gasteiger partial charge on any atom is 0.163 e. The van der Waals surface area contributed by atoms with E-state index in [1.807, 2.05) is 0 Å². The third-order valence-corrected chi connectivity index (χ3v) is 4.69. The zero-order valence-electron chi connectivity index (χ0n) is 10.7. The van der Waals surface area contributed by atoms with Gasteiger partial charge in [0.1, 0.15) is 16.2 Å². The lowest BCUT2D eigenvalue weighted by atomic mass is 10.0. The summed E-state index contributed by atoms with van der Waals surface area (Å²) in [7, 11) is 0. The molecule has 18 heavy (non-hydrogen) atoms. The first-order valence-electron chi connectivity index (χ1n) is 6.33. The molecule has 0 amide bonds. The molecule has 0 saturated carbocycles. The molecular weight excluding hydrogens is 246 g/mol. The first kappa shape index (κ1) is 11.9. The Balaban J connectivity index is 2.14. The lowest BCUT2D eigenvalue weighted by Gasteiger charge is -2.21. The Morgan fingerprint density at radius 2 is 2.33 bits per heavy atom. The van der Waals surface area contributed by atoms with Crippen molar-refractivity contribution >= 4 is 27.4 Å². The third kappa shape index (κ3) is 1.78. The van der Waals surface area contributed by atoms with Crippen LogP contribution in [0.5, 0.6) is 0 Å². The zero-order chi connectivity index (χ0) is 12.8. The summed E-state index contributed by atoms with van der Waals surface area (Å²) in [6, 6.07) is 2.09. The highest BCUT2D eigenvalue weighted by atomic mass is 32.1. The molecule has 2 aromatic rings. The van der Waals surface area contributed by atoms with E-state index in [0.717, 1.165) is 41.9 Å². The van der Waals surface area contributed by atoms with E-state index in [2.05, 4.69) is 29.9 Å². The van der Waals surface area contributed by atoms with E-state index < -0.39 is 0 Å². The molecule has 0 spiro atoms. The van der Waals surface area contributed by atoms with Gasteiger partial charge in [-0.15, -0.1) is 11.3 Å². The Morgan fingerprint density at radius 3 is 3.00 bits per heavy atom. The Morgan fingerprint density at radius 1 is 1.50 bits per heavy atom. The molecule has 1 unspecified atom stereocenters. The molecule has 4 nitrogen and oxygen atoms in total. The van der Waals surface area contributed by atoms with Crippen LogP contribution in [0, 0.1) is 0 Å². The van der Waals surface area contributed by atoms with Crippen molar-refractivity contribution in [1.82, 2.24) is 9.97 Å². The van der Waals surface area contributed by atoms with Crippen LogP contribution in [0.25, 0.3) is 10.2 Å². The van der Waals surface area contributed by atoms with Crippen molar-refractivity contribution in [1.29, 1.82) is 0 Å². The number of rotatable bonds is 2. The number of nitrogens with two attached hydrogens (primary N) is 1. The van der Waals surface area contributed by atoms with Gasteiger partial charge < -0.3 is 10.5 Å². The summed E-state index contributed by atoms with van der Waals surface area (Å²) in [5.74, 6) is 1.30. The molecule has 3 heterocycles. The van der Waals surface area contributed by atoms with Gasteiger partial charge in [0.25, 0.3) is 0 Å². The molecule has 1 fully saturated rings. The number of ether oxygens (including phenoxy) is 1. The lowest BCUT2D eigenvalue weighted by Crippen LogP contribution is -2.23. The van der Waals surface area contributed by atoms with Crippen LogP contribution in [0.15, 0.2) is 6.07 Å². The van der Waals surface area contributed by atoms with Crippen LogP contribution in [0.3, 0.4) is 0 Å². The van der Waals surface area contributed by atoms with Gasteiger partial charge in [-0.25, -0.2) is 9.97 Å². The molecule has 1 aliphatic heterocycles. The third-order valence-electron chi connectivity index (χ3n) is 3.51. The highest BCUT2D eigenvalue weighted by Gasteiger charge is 2.35. The minimum atomic E-state index is -0.362. The van der Waals surface area contributed by atoms with Crippen LogP contribution in [-0.4, -0.2) is 16.6 Å². The summed E-state index contributed by atoms with van der Waals surface area (Å²) in [6.07, 6.45) is 3.02. The van der Waals surface area contributed by atoms with Gasteiger partial charge in [0.05, 0.1) is 5.39 Å². The molecule has 2 N–H and O–H groups in total. The van der Waals surface area contributed by atoms with E-state index in [1.165, 1.54) is 4.88 Å². The van der Waals surface area contributed by atoms with Crippen molar-refractivity contribution in [3.63, 3.8) is 0 Å². The fourth-order valence-electron chi connectivity index (χ4n) is 2.36. The van der Waals surface area contributed by atoms with Gasteiger partial charge in [-0.1, -0.05) is 6.92 Å². The number of aromatic nitrogens is 2. The van der Waals surface area contributed by atoms with Crippen molar-refractivity contribution in [2.24, 2.45) is 0 Å². The molecule has 5 heteroatoms. The largest absolute Gasteiger partial charge is 0.383 e. The van der Waals surface area contributed by atoms with Crippen molar-refractivity contribution in [3.05, 3.63) is 16.8 Å².